The zero-order valence-corrected chi connectivity index (χ0v) is 8.50. The summed E-state index contributed by atoms with van der Waals surface area (Å²) in [5.74, 6) is 0. The molecular formula is C11H11ClNO. The normalized spacial score (nSPS) is 10.4. The van der Waals surface area contributed by atoms with Crippen molar-refractivity contribution in [3.05, 3.63) is 47.5 Å². The Morgan fingerprint density at radius 2 is 2.43 bits per heavy atom. The van der Waals surface area contributed by atoms with Crippen molar-refractivity contribution in [3.8, 4) is 0 Å². The molecule has 0 heterocycles. The summed E-state index contributed by atoms with van der Waals surface area (Å²) in [5, 5.41) is 4.33. The van der Waals surface area contributed by atoms with Crippen LogP contribution in [0.2, 0.25) is 5.02 Å². The van der Waals surface area contributed by atoms with Gasteiger partial charge in [-0.05, 0) is 12.1 Å². The van der Waals surface area contributed by atoms with Crippen molar-refractivity contribution in [1.29, 1.82) is 0 Å². The van der Waals surface area contributed by atoms with E-state index in [0.717, 1.165) is 12.0 Å². The lowest BCUT2D eigenvalue weighted by Crippen LogP contribution is -1.86. The van der Waals surface area contributed by atoms with E-state index >= 15 is 0 Å². The van der Waals surface area contributed by atoms with Gasteiger partial charge in [0.05, 0.1) is 0 Å². The molecule has 1 aromatic rings. The van der Waals surface area contributed by atoms with Crippen molar-refractivity contribution < 1.29 is 4.84 Å². The van der Waals surface area contributed by atoms with Gasteiger partial charge in [0, 0.05) is 17.0 Å². The van der Waals surface area contributed by atoms with Crippen LogP contribution in [0, 0.1) is 0 Å². The van der Waals surface area contributed by atoms with Crippen molar-refractivity contribution in [2.24, 2.45) is 5.16 Å². The minimum absolute atomic E-state index is 0.525. The Labute approximate surface area is 88.8 Å². The number of rotatable bonds is 5. The quantitative estimate of drug-likeness (QED) is 0.315. The molecule has 1 radical (unpaired) electrons. The van der Waals surface area contributed by atoms with Crippen molar-refractivity contribution in [2.75, 3.05) is 6.61 Å². The minimum Gasteiger partial charge on any atom is -0.395 e. The fraction of sp³-hybridized carbons (Fsp3) is 0.182. The molecule has 0 atom stereocenters. The van der Waals surface area contributed by atoms with Crippen LogP contribution in [0.15, 0.2) is 42.1 Å². The van der Waals surface area contributed by atoms with E-state index in [4.69, 9.17) is 16.4 Å². The van der Waals surface area contributed by atoms with Gasteiger partial charge in [-0.3, -0.25) is 0 Å². The van der Waals surface area contributed by atoms with E-state index in [0.29, 0.717) is 11.6 Å². The Bertz CT molecular complexity index is 323. The molecule has 0 aliphatic heterocycles. The SMILES string of the molecule is C=CCCON=[C]c1cccc(Cl)c1. The van der Waals surface area contributed by atoms with Gasteiger partial charge < -0.3 is 4.84 Å². The largest absolute Gasteiger partial charge is 0.395 e. The molecule has 3 heteroatoms. The molecule has 0 fully saturated rings. The fourth-order valence-electron chi connectivity index (χ4n) is 0.825. The summed E-state index contributed by atoms with van der Waals surface area (Å²) in [4.78, 5) is 4.92. The predicted octanol–water partition coefficient (Wildman–Crippen LogP) is 3.14. The lowest BCUT2D eigenvalue weighted by atomic mass is 10.2. The van der Waals surface area contributed by atoms with Crippen LogP contribution in [0.5, 0.6) is 0 Å². The molecule has 0 unspecified atom stereocenters. The van der Waals surface area contributed by atoms with E-state index in [-0.39, 0.29) is 0 Å². The van der Waals surface area contributed by atoms with E-state index in [1.54, 1.807) is 18.2 Å². The Balaban J connectivity index is 2.39. The third kappa shape index (κ3) is 4.10. The molecule has 0 amide bonds. The van der Waals surface area contributed by atoms with Gasteiger partial charge in [0.2, 0.25) is 0 Å². The van der Waals surface area contributed by atoms with Crippen LogP contribution >= 0.6 is 11.6 Å². The molecule has 1 aromatic carbocycles. The number of halogens is 1. The third-order valence-electron chi connectivity index (χ3n) is 1.48. The van der Waals surface area contributed by atoms with Gasteiger partial charge in [-0.2, -0.15) is 0 Å². The maximum atomic E-state index is 5.77. The van der Waals surface area contributed by atoms with Gasteiger partial charge in [0.1, 0.15) is 12.8 Å². The predicted molar refractivity (Wildman–Crippen MR) is 58.8 cm³/mol. The number of benzene rings is 1. The van der Waals surface area contributed by atoms with Crippen molar-refractivity contribution in [1.82, 2.24) is 0 Å². The van der Waals surface area contributed by atoms with Crippen molar-refractivity contribution in [3.63, 3.8) is 0 Å². The maximum absolute atomic E-state index is 5.77. The highest BCUT2D eigenvalue weighted by Crippen LogP contribution is 2.08. The lowest BCUT2D eigenvalue weighted by molar-refractivity contribution is 0.151. The van der Waals surface area contributed by atoms with E-state index in [1.807, 2.05) is 12.1 Å². The Morgan fingerprint density at radius 1 is 1.57 bits per heavy atom. The van der Waals surface area contributed by atoms with Gasteiger partial charge in [0.15, 0.2) is 0 Å². The van der Waals surface area contributed by atoms with Crippen LogP contribution in [-0.2, 0) is 4.84 Å². The molecule has 0 aromatic heterocycles. The first-order valence-corrected chi connectivity index (χ1v) is 4.65. The molecule has 0 saturated carbocycles. The second-order valence-electron chi connectivity index (χ2n) is 2.62. The second kappa shape index (κ2) is 6.22. The average molecular weight is 209 g/mol. The van der Waals surface area contributed by atoms with E-state index in [1.165, 1.54) is 0 Å². The summed E-state index contributed by atoms with van der Waals surface area (Å²) in [6.45, 7) is 4.09. The zero-order chi connectivity index (χ0) is 10.2. The Hall–Kier alpha value is -1.28. The summed E-state index contributed by atoms with van der Waals surface area (Å²) in [5.41, 5.74) is 0.802. The van der Waals surface area contributed by atoms with Crippen LogP contribution in [0.1, 0.15) is 12.0 Å². The average Bonchev–Trinajstić information content (AvgIpc) is 2.18. The first-order chi connectivity index (χ1) is 6.83. The smallest absolute Gasteiger partial charge is 0.139 e. The summed E-state index contributed by atoms with van der Waals surface area (Å²) in [6.07, 6.45) is 5.28. The highest BCUT2D eigenvalue weighted by molar-refractivity contribution is 6.30. The van der Waals surface area contributed by atoms with Crippen LogP contribution in [0.3, 0.4) is 0 Å². The highest BCUT2D eigenvalue weighted by Gasteiger charge is 1.90. The number of nitrogens with zero attached hydrogens (tertiary/aromatic N) is 1. The molecule has 73 valence electrons. The van der Waals surface area contributed by atoms with Crippen LogP contribution < -0.4 is 0 Å². The lowest BCUT2D eigenvalue weighted by Gasteiger charge is -1.94. The maximum Gasteiger partial charge on any atom is 0.139 e. The molecule has 2 nitrogen and oxygen atoms in total. The monoisotopic (exact) mass is 208 g/mol. The van der Waals surface area contributed by atoms with Crippen molar-refractivity contribution in [2.45, 2.75) is 6.42 Å². The molecule has 0 spiro atoms. The molecule has 0 saturated heterocycles. The number of hydrogen-bond acceptors (Lipinski definition) is 2. The van der Waals surface area contributed by atoms with E-state index < -0.39 is 0 Å². The standard InChI is InChI=1S/C11H11ClNO/c1-2-3-7-14-13-9-10-5-4-6-11(12)8-10/h2,4-6,8H,1,3,7H2. The topological polar surface area (TPSA) is 21.6 Å². The Morgan fingerprint density at radius 3 is 3.14 bits per heavy atom. The van der Waals surface area contributed by atoms with Crippen molar-refractivity contribution >= 4 is 17.8 Å². The summed E-state index contributed by atoms with van der Waals surface area (Å²) in [7, 11) is 0. The van der Waals surface area contributed by atoms with Gasteiger partial charge in [0.25, 0.3) is 0 Å². The number of hydrogen-bond donors (Lipinski definition) is 0. The molecule has 0 bridgehead atoms. The summed E-state index contributed by atoms with van der Waals surface area (Å²) >= 11 is 5.77. The molecule has 14 heavy (non-hydrogen) atoms. The summed E-state index contributed by atoms with van der Waals surface area (Å²) < 4.78 is 0. The second-order valence-corrected chi connectivity index (χ2v) is 3.06. The Kier molecular flexibility index (Phi) is 4.79. The first-order valence-electron chi connectivity index (χ1n) is 4.27. The summed E-state index contributed by atoms with van der Waals surface area (Å²) in [6, 6.07) is 7.25. The zero-order valence-electron chi connectivity index (χ0n) is 7.74. The molecular weight excluding hydrogens is 198 g/mol. The fourth-order valence-corrected chi connectivity index (χ4v) is 1.01. The van der Waals surface area contributed by atoms with E-state index in [9.17, 15) is 0 Å². The highest BCUT2D eigenvalue weighted by atomic mass is 35.5. The van der Waals surface area contributed by atoms with Crippen LogP contribution in [0.4, 0.5) is 0 Å². The van der Waals surface area contributed by atoms with Crippen LogP contribution in [-0.4, -0.2) is 12.8 Å². The van der Waals surface area contributed by atoms with Gasteiger partial charge in [-0.25, -0.2) is 0 Å². The molecule has 0 N–H and O–H groups in total. The first kappa shape index (κ1) is 10.8. The van der Waals surface area contributed by atoms with Gasteiger partial charge >= 0.3 is 0 Å². The molecule has 0 aliphatic rings. The minimum atomic E-state index is 0.525. The van der Waals surface area contributed by atoms with Gasteiger partial charge in [-0.15, -0.1) is 6.58 Å². The van der Waals surface area contributed by atoms with Crippen LogP contribution in [0.25, 0.3) is 0 Å². The van der Waals surface area contributed by atoms with Gasteiger partial charge in [-0.1, -0.05) is 35.0 Å². The molecule has 1 rings (SSSR count). The molecule has 0 aliphatic carbocycles. The third-order valence-corrected chi connectivity index (χ3v) is 1.71. The van der Waals surface area contributed by atoms with E-state index in [2.05, 4.69) is 17.9 Å².